The molecule has 2 heterocycles. The van der Waals surface area contributed by atoms with Crippen molar-refractivity contribution in [3.05, 3.63) is 56.5 Å². The first-order chi connectivity index (χ1) is 9.16. The molecule has 19 heavy (non-hydrogen) atoms. The van der Waals surface area contributed by atoms with Crippen molar-refractivity contribution < 1.29 is 4.92 Å². The number of aromatic nitrogens is 3. The van der Waals surface area contributed by atoms with E-state index in [1.165, 1.54) is 12.1 Å². The molecule has 0 aliphatic rings. The van der Waals surface area contributed by atoms with Gasteiger partial charge in [-0.3, -0.25) is 15.1 Å². The Morgan fingerprint density at radius 1 is 1.32 bits per heavy atom. The van der Waals surface area contributed by atoms with Gasteiger partial charge in [0, 0.05) is 24.5 Å². The summed E-state index contributed by atoms with van der Waals surface area (Å²) in [5.74, 6) is 0. The SMILES string of the molecule is O=[N+]([O-])c1cccc(-n2nc(I)c3cnccc32)c1. The van der Waals surface area contributed by atoms with Gasteiger partial charge in [-0.25, -0.2) is 4.68 Å². The highest BCUT2D eigenvalue weighted by Gasteiger charge is 2.12. The number of nitro benzene ring substituents is 1. The second-order valence-electron chi connectivity index (χ2n) is 3.87. The van der Waals surface area contributed by atoms with E-state index >= 15 is 0 Å². The van der Waals surface area contributed by atoms with Gasteiger partial charge in [0.15, 0.2) is 0 Å². The number of benzene rings is 1. The number of nitrogens with zero attached hydrogens (tertiary/aromatic N) is 4. The Morgan fingerprint density at radius 3 is 2.95 bits per heavy atom. The van der Waals surface area contributed by atoms with Crippen LogP contribution in [0.3, 0.4) is 0 Å². The van der Waals surface area contributed by atoms with E-state index in [2.05, 4.69) is 32.7 Å². The first-order valence-electron chi connectivity index (χ1n) is 5.40. The van der Waals surface area contributed by atoms with Crippen LogP contribution in [0.15, 0.2) is 42.7 Å². The lowest BCUT2D eigenvalue weighted by Crippen LogP contribution is -1.98. The molecule has 6 nitrogen and oxygen atoms in total. The predicted molar refractivity (Wildman–Crippen MR) is 78.2 cm³/mol. The van der Waals surface area contributed by atoms with Gasteiger partial charge in [-0.05, 0) is 34.7 Å². The third-order valence-corrected chi connectivity index (χ3v) is 3.52. The molecule has 0 amide bonds. The zero-order chi connectivity index (χ0) is 13.4. The van der Waals surface area contributed by atoms with Crippen LogP contribution in [0, 0.1) is 13.8 Å². The quantitative estimate of drug-likeness (QED) is 0.397. The number of non-ortho nitro benzene ring substituents is 1. The van der Waals surface area contributed by atoms with Crippen LogP contribution in [0.4, 0.5) is 5.69 Å². The molecule has 3 rings (SSSR count). The second kappa shape index (κ2) is 4.57. The van der Waals surface area contributed by atoms with E-state index in [0.29, 0.717) is 5.69 Å². The summed E-state index contributed by atoms with van der Waals surface area (Å²) in [6.07, 6.45) is 3.41. The Hall–Kier alpha value is -2.03. The molecule has 1 aromatic carbocycles. The normalized spacial score (nSPS) is 10.8. The van der Waals surface area contributed by atoms with E-state index in [9.17, 15) is 10.1 Å². The van der Waals surface area contributed by atoms with E-state index in [1.807, 2.05) is 6.07 Å². The average Bonchev–Trinajstić information content (AvgIpc) is 2.77. The van der Waals surface area contributed by atoms with Crippen LogP contribution in [-0.4, -0.2) is 19.7 Å². The van der Waals surface area contributed by atoms with Gasteiger partial charge in [0.1, 0.15) is 3.70 Å². The van der Waals surface area contributed by atoms with E-state index < -0.39 is 4.92 Å². The highest BCUT2D eigenvalue weighted by atomic mass is 127. The number of hydrogen-bond donors (Lipinski definition) is 0. The lowest BCUT2D eigenvalue weighted by atomic mass is 10.2. The van der Waals surface area contributed by atoms with Gasteiger partial charge in [-0.2, -0.15) is 5.10 Å². The first-order valence-corrected chi connectivity index (χ1v) is 6.48. The van der Waals surface area contributed by atoms with Gasteiger partial charge in [0.25, 0.3) is 5.69 Å². The first kappa shape index (κ1) is 12.0. The van der Waals surface area contributed by atoms with Gasteiger partial charge in [0.05, 0.1) is 21.5 Å². The third kappa shape index (κ3) is 2.05. The Labute approximate surface area is 121 Å². The molecule has 94 valence electrons. The number of rotatable bonds is 2. The van der Waals surface area contributed by atoms with Crippen molar-refractivity contribution in [3.63, 3.8) is 0 Å². The molecule has 0 bridgehead atoms. The second-order valence-corrected chi connectivity index (χ2v) is 4.89. The maximum atomic E-state index is 10.8. The molecule has 0 aliphatic carbocycles. The minimum Gasteiger partial charge on any atom is -0.264 e. The Bertz CT molecular complexity index is 784. The van der Waals surface area contributed by atoms with Crippen LogP contribution < -0.4 is 0 Å². The van der Waals surface area contributed by atoms with Crippen molar-refractivity contribution >= 4 is 39.2 Å². The van der Waals surface area contributed by atoms with Crippen LogP contribution >= 0.6 is 22.6 Å². The number of nitro groups is 1. The summed E-state index contributed by atoms with van der Waals surface area (Å²) in [6.45, 7) is 0. The van der Waals surface area contributed by atoms with Crippen LogP contribution in [0.25, 0.3) is 16.6 Å². The molecule has 0 spiro atoms. The summed E-state index contributed by atoms with van der Waals surface area (Å²) >= 11 is 2.12. The fraction of sp³-hybridized carbons (Fsp3) is 0. The molecule has 0 unspecified atom stereocenters. The lowest BCUT2D eigenvalue weighted by molar-refractivity contribution is -0.384. The minimum atomic E-state index is -0.415. The Balaban J connectivity index is 2.25. The monoisotopic (exact) mass is 366 g/mol. The van der Waals surface area contributed by atoms with E-state index in [0.717, 1.165) is 14.6 Å². The van der Waals surface area contributed by atoms with Crippen LogP contribution in [0.1, 0.15) is 0 Å². The standard InChI is InChI=1S/C12H7IN4O2/c13-12-10-7-14-5-4-11(10)16(15-12)8-2-1-3-9(6-8)17(18)19/h1-7H. The number of fused-ring (bicyclic) bond motifs is 1. The molecule has 2 aromatic heterocycles. The van der Waals surface area contributed by atoms with Gasteiger partial charge < -0.3 is 0 Å². The average molecular weight is 366 g/mol. The van der Waals surface area contributed by atoms with Crippen molar-refractivity contribution in [1.29, 1.82) is 0 Å². The van der Waals surface area contributed by atoms with Crippen molar-refractivity contribution in [1.82, 2.24) is 14.8 Å². The molecule has 0 radical (unpaired) electrons. The molecular formula is C12H7IN4O2. The summed E-state index contributed by atoms with van der Waals surface area (Å²) in [5.41, 5.74) is 1.58. The van der Waals surface area contributed by atoms with Gasteiger partial charge >= 0.3 is 0 Å². The maximum Gasteiger partial charge on any atom is 0.271 e. The van der Waals surface area contributed by atoms with Crippen LogP contribution in [-0.2, 0) is 0 Å². The molecule has 0 saturated carbocycles. The molecule has 0 saturated heterocycles. The predicted octanol–water partition coefficient (Wildman–Crippen LogP) is 2.93. The highest BCUT2D eigenvalue weighted by Crippen LogP contribution is 2.24. The fourth-order valence-corrected chi connectivity index (χ4v) is 2.49. The van der Waals surface area contributed by atoms with Crippen molar-refractivity contribution in [3.8, 4) is 5.69 Å². The number of hydrogen-bond acceptors (Lipinski definition) is 4. The summed E-state index contributed by atoms with van der Waals surface area (Å²) in [5, 5.41) is 16.1. The van der Waals surface area contributed by atoms with Crippen molar-refractivity contribution in [2.24, 2.45) is 0 Å². The van der Waals surface area contributed by atoms with Crippen LogP contribution in [0.5, 0.6) is 0 Å². The minimum absolute atomic E-state index is 0.0465. The molecular weight excluding hydrogens is 359 g/mol. The summed E-state index contributed by atoms with van der Waals surface area (Å²) in [6, 6.07) is 8.24. The molecule has 0 fully saturated rings. The smallest absolute Gasteiger partial charge is 0.264 e. The Morgan fingerprint density at radius 2 is 2.16 bits per heavy atom. The number of halogens is 1. The largest absolute Gasteiger partial charge is 0.271 e. The summed E-state index contributed by atoms with van der Waals surface area (Å²) in [4.78, 5) is 14.5. The molecule has 0 N–H and O–H groups in total. The molecule has 3 aromatic rings. The summed E-state index contributed by atoms with van der Waals surface area (Å²) in [7, 11) is 0. The van der Waals surface area contributed by atoms with Gasteiger partial charge in [0.2, 0.25) is 0 Å². The van der Waals surface area contributed by atoms with Crippen LogP contribution in [0.2, 0.25) is 0 Å². The maximum absolute atomic E-state index is 10.8. The lowest BCUT2D eigenvalue weighted by Gasteiger charge is -2.02. The van der Waals surface area contributed by atoms with E-state index in [1.54, 1.807) is 29.2 Å². The zero-order valence-corrected chi connectivity index (χ0v) is 11.7. The highest BCUT2D eigenvalue weighted by molar-refractivity contribution is 14.1. The van der Waals surface area contributed by atoms with Crippen molar-refractivity contribution in [2.45, 2.75) is 0 Å². The Kier molecular flexibility index (Phi) is 2.90. The molecule has 0 atom stereocenters. The molecule has 0 aliphatic heterocycles. The number of pyridine rings is 1. The topological polar surface area (TPSA) is 73.8 Å². The third-order valence-electron chi connectivity index (χ3n) is 2.72. The zero-order valence-electron chi connectivity index (χ0n) is 9.52. The summed E-state index contributed by atoms with van der Waals surface area (Å²) < 4.78 is 2.50. The van der Waals surface area contributed by atoms with Crippen molar-refractivity contribution in [2.75, 3.05) is 0 Å². The fourth-order valence-electron chi connectivity index (χ4n) is 1.86. The molecule has 7 heteroatoms. The van der Waals surface area contributed by atoms with E-state index in [4.69, 9.17) is 0 Å². The van der Waals surface area contributed by atoms with E-state index in [-0.39, 0.29) is 5.69 Å². The van der Waals surface area contributed by atoms with Gasteiger partial charge in [-0.15, -0.1) is 0 Å². The van der Waals surface area contributed by atoms with Gasteiger partial charge in [-0.1, -0.05) is 6.07 Å².